The summed E-state index contributed by atoms with van der Waals surface area (Å²) in [5, 5.41) is 0. The van der Waals surface area contributed by atoms with Gasteiger partial charge in [0.2, 0.25) is 0 Å². The van der Waals surface area contributed by atoms with Crippen LogP contribution in [0.3, 0.4) is 0 Å². The molecular formula is C26H30N4O. The number of hydrogen-bond acceptors (Lipinski definition) is 5. The Morgan fingerprint density at radius 3 is 2.39 bits per heavy atom. The summed E-state index contributed by atoms with van der Waals surface area (Å²) in [5.74, 6) is 0.766. The molecule has 2 heterocycles. The van der Waals surface area contributed by atoms with Gasteiger partial charge in [-0.15, -0.1) is 0 Å². The normalized spacial score (nSPS) is 19.5. The van der Waals surface area contributed by atoms with Crippen molar-refractivity contribution in [2.45, 2.75) is 44.3 Å². The summed E-state index contributed by atoms with van der Waals surface area (Å²) in [6.45, 7) is 3.35. The Hall–Kier alpha value is -2.76. The van der Waals surface area contributed by atoms with Crippen LogP contribution in [0.1, 0.15) is 29.5 Å². The monoisotopic (exact) mass is 414 g/mol. The number of benzene rings is 2. The highest BCUT2D eigenvalue weighted by molar-refractivity contribution is 5.33. The Labute approximate surface area is 184 Å². The molecule has 0 amide bonds. The van der Waals surface area contributed by atoms with E-state index in [4.69, 9.17) is 4.74 Å². The van der Waals surface area contributed by atoms with Crippen LogP contribution in [0.4, 0.5) is 0 Å². The van der Waals surface area contributed by atoms with Gasteiger partial charge in [-0.25, -0.2) is 9.97 Å². The zero-order valence-electron chi connectivity index (χ0n) is 18.2. The molecule has 160 valence electrons. The van der Waals surface area contributed by atoms with Gasteiger partial charge in [0.25, 0.3) is 0 Å². The van der Waals surface area contributed by atoms with Crippen LogP contribution in [0, 0.1) is 0 Å². The quantitative estimate of drug-likeness (QED) is 0.600. The highest BCUT2D eigenvalue weighted by Crippen LogP contribution is 2.28. The lowest BCUT2D eigenvalue weighted by atomic mass is 10.0. The molecule has 3 aromatic rings. The SMILES string of the molecule is CN(Cc1ccc(Oc2ncccn2)cc1)[C@@H]1CCCN(C2Cc3ccccc3C2)C1. The predicted octanol–water partition coefficient (Wildman–Crippen LogP) is 4.33. The van der Waals surface area contributed by atoms with E-state index in [-0.39, 0.29) is 0 Å². The summed E-state index contributed by atoms with van der Waals surface area (Å²) in [6.07, 6.45) is 8.34. The number of piperidine rings is 1. The summed E-state index contributed by atoms with van der Waals surface area (Å²) in [4.78, 5) is 13.5. The van der Waals surface area contributed by atoms with Crippen molar-refractivity contribution < 1.29 is 4.74 Å². The average Bonchev–Trinajstić information content (AvgIpc) is 3.26. The van der Waals surface area contributed by atoms with Gasteiger partial charge in [0.15, 0.2) is 0 Å². The van der Waals surface area contributed by atoms with Crippen LogP contribution in [0.25, 0.3) is 0 Å². The molecule has 0 unspecified atom stereocenters. The van der Waals surface area contributed by atoms with Crippen LogP contribution in [-0.4, -0.2) is 52.0 Å². The molecular weight excluding hydrogens is 384 g/mol. The second-order valence-electron chi connectivity index (χ2n) is 8.81. The summed E-state index contributed by atoms with van der Waals surface area (Å²) < 4.78 is 5.71. The van der Waals surface area contributed by atoms with Crippen molar-refractivity contribution >= 4 is 0 Å². The topological polar surface area (TPSA) is 41.5 Å². The average molecular weight is 415 g/mol. The molecule has 0 saturated carbocycles. The van der Waals surface area contributed by atoms with Crippen LogP contribution in [0.5, 0.6) is 11.8 Å². The van der Waals surface area contributed by atoms with E-state index < -0.39 is 0 Å². The minimum Gasteiger partial charge on any atom is -0.424 e. The number of fused-ring (bicyclic) bond motifs is 1. The molecule has 1 fully saturated rings. The molecule has 1 aliphatic heterocycles. The zero-order chi connectivity index (χ0) is 21.0. The van der Waals surface area contributed by atoms with Gasteiger partial charge >= 0.3 is 6.01 Å². The molecule has 1 aliphatic carbocycles. The molecule has 5 nitrogen and oxygen atoms in total. The minimum absolute atomic E-state index is 0.378. The highest BCUT2D eigenvalue weighted by Gasteiger charge is 2.31. The fourth-order valence-corrected chi connectivity index (χ4v) is 4.99. The maximum absolute atomic E-state index is 5.71. The highest BCUT2D eigenvalue weighted by atomic mass is 16.5. The molecule has 0 N–H and O–H groups in total. The summed E-state index contributed by atoms with van der Waals surface area (Å²) in [7, 11) is 2.26. The first-order valence-electron chi connectivity index (χ1n) is 11.3. The largest absolute Gasteiger partial charge is 0.424 e. The lowest BCUT2D eigenvalue weighted by Gasteiger charge is -2.40. The van der Waals surface area contributed by atoms with Gasteiger partial charge in [-0.2, -0.15) is 0 Å². The van der Waals surface area contributed by atoms with Crippen molar-refractivity contribution in [1.29, 1.82) is 0 Å². The lowest BCUT2D eigenvalue weighted by molar-refractivity contribution is 0.0835. The first kappa shape index (κ1) is 20.2. The van der Waals surface area contributed by atoms with E-state index in [2.05, 4.69) is 63.2 Å². The fourth-order valence-electron chi connectivity index (χ4n) is 4.99. The Morgan fingerprint density at radius 1 is 0.968 bits per heavy atom. The Balaban J connectivity index is 1.16. The molecule has 2 aliphatic rings. The van der Waals surface area contributed by atoms with E-state index >= 15 is 0 Å². The van der Waals surface area contributed by atoms with Crippen molar-refractivity contribution in [3.8, 4) is 11.8 Å². The number of nitrogens with zero attached hydrogens (tertiary/aromatic N) is 4. The molecule has 1 atom stereocenters. The zero-order valence-corrected chi connectivity index (χ0v) is 18.2. The first-order valence-corrected chi connectivity index (χ1v) is 11.3. The number of likely N-dealkylation sites (tertiary alicyclic amines) is 1. The standard InChI is InChI=1S/C26H30N4O/c1-29(18-20-9-11-25(12-10-20)31-26-27-13-5-14-28-26)23-8-4-15-30(19-23)24-16-21-6-2-3-7-22(21)17-24/h2-3,5-7,9-14,23-24H,4,8,15-19H2,1H3/t23-/m1/s1. The summed E-state index contributed by atoms with van der Waals surface area (Å²) >= 11 is 0. The van der Waals surface area contributed by atoms with Crippen LogP contribution in [0.2, 0.25) is 0 Å². The molecule has 0 bridgehead atoms. The number of aromatic nitrogens is 2. The Kier molecular flexibility index (Phi) is 5.96. The number of ether oxygens (including phenoxy) is 1. The minimum atomic E-state index is 0.378. The lowest BCUT2D eigenvalue weighted by Crippen LogP contribution is -2.50. The van der Waals surface area contributed by atoms with Gasteiger partial charge in [0, 0.05) is 37.6 Å². The van der Waals surface area contributed by atoms with Gasteiger partial charge in [0.1, 0.15) is 5.75 Å². The molecule has 31 heavy (non-hydrogen) atoms. The van der Waals surface area contributed by atoms with E-state index in [0.717, 1.165) is 12.3 Å². The smallest absolute Gasteiger partial charge is 0.321 e. The van der Waals surface area contributed by atoms with Crippen molar-refractivity contribution in [1.82, 2.24) is 19.8 Å². The number of rotatable bonds is 6. The second-order valence-corrected chi connectivity index (χ2v) is 8.81. The van der Waals surface area contributed by atoms with Crippen molar-refractivity contribution in [2.75, 3.05) is 20.1 Å². The van der Waals surface area contributed by atoms with Crippen LogP contribution >= 0.6 is 0 Å². The fraction of sp³-hybridized carbons (Fsp3) is 0.385. The molecule has 2 aromatic carbocycles. The maximum Gasteiger partial charge on any atom is 0.321 e. The first-order chi connectivity index (χ1) is 15.2. The Morgan fingerprint density at radius 2 is 1.68 bits per heavy atom. The van der Waals surface area contributed by atoms with E-state index in [1.54, 1.807) is 29.6 Å². The van der Waals surface area contributed by atoms with Gasteiger partial charge in [-0.1, -0.05) is 36.4 Å². The van der Waals surface area contributed by atoms with E-state index in [1.165, 1.54) is 44.3 Å². The molecule has 1 saturated heterocycles. The van der Waals surface area contributed by atoms with Crippen molar-refractivity contribution in [2.24, 2.45) is 0 Å². The number of likely N-dealkylation sites (N-methyl/N-ethyl adjacent to an activating group) is 1. The molecule has 0 radical (unpaired) electrons. The van der Waals surface area contributed by atoms with Crippen molar-refractivity contribution in [3.63, 3.8) is 0 Å². The van der Waals surface area contributed by atoms with Gasteiger partial charge in [0.05, 0.1) is 0 Å². The van der Waals surface area contributed by atoms with Crippen LogP contribution in [-0.2, 0) is 19.4 Å². The van der Waals surface area contributed by atoms with Gasteiger partial charge in [-0.3, -0.25) is 9.80 Å². The van der Waals surface area contributed by atoms with Gasteiger partial charge < -0.3 is 4.74 Å². The molecule has 5 rings (SSSR count). The van der Waals surface area contributed by atoms with Gasteiger partial charge in [-0.05, 0) is 74.2 Å². The predicted molar refractivity (Wildman–Crippen MR) is 122 cm³/mol. The molecule has 0 spiro atoms. The van der Waals surface area contributed by atoms with E-state index in [0.29, 0.717) is 18.1 Å². The third-order valence-corrected chi connectivity index (χ3v) is 6.70. The summed E-state index contributed by atoms with van der Waals surface area (Å²) in [6, 6.07) is 20.7. The van der Waals surface area contributed by atoms with Crippen molar-refractivity contribution in [3.05, 3.63) is 83.7 Å². The number of hydrogen-bond donors (Lipinski definition) is 0. The second kappa shape index (κ2) is 9.16. The molecule has 1 aromatic heterocycles. The maximum atomic E-state index is 5.71. The third kappa shape index (κ3) is 4.78. The Bertz CT molecular complexity index is 967. The third-order valence-electron chi connectivity index (χ3n) is 6.70. The van der Waals surface area contributed by atoms with Crippen LogP contribution in [0.15, 0.2) is 67.0 Å². The van der Waals surface area contributed by atoms with Crippen LogP contribution < -0.4 is 4.74 Å². The molecule has 5 heteroatoms. The summed E-state index contributed by atoms with van der Waals surface area (Å²) in [5.41, 5.74) is 4.40. The van der Waals surface area contributed by atoms with E-state index in [1.807, 2.05) is 12.1 Å². The van der Waals surface area contributed by atoms with E-state index in [9.17, 15) is 0 Å².